The molecule has 2 fully saturated rings. The van der Waals surface area contributed by atoms with Crippen LogP contribution in [0.15, 0.2) is 59.8 Å². The number of fused-ring (bicyclic) bond motifs is 5. The van der Waals surface area contributed by atoms with Crippen LogP contribution in [0.4, 0.5) is 0 Å². The minimum Gasteiger partial charge on any atom is -0.375 e. The molecule has 0 spiro atoms. The summed E-state index contributed by atoms with van der Waals surface area (Å²) in [5, 5.41) is 0. The second-order valence-electron chi connectivity index (χ2n) is 11.2. The van der Waals surface area contributed by atoms with Gasteiger partial charge in [-0.1, -0.05) is 71.4 Å². The van der Waals surface area contributed by atoms with Crippen LogP contribution in [0.2, 0.25) is 0 Å². The second kappa shape index (κ2) is 7.76. The third kappa shape index (κ3) is 2.94. The molecule has 2 saturated carbocycles. The number of alkyl halides is 1. The van der Waals surface area contributed by atoms with Crippen molar-refractivity contribution >= 4 is 15.9 Å². The van der Waals surface area contributed by atoms with Gasteiger partial charge in [0.2, 0.25) is 0 Å². The summed E-state index contributed by atoms with van der Waals surface area (Å²) in [4.78, 5) is 3.25. The maximum Gasteiger partial charge on any atom is 0.0363 e. The highest BCUT2D eigenvalue weighted by atomic mass is 79.9. The van der Waals surface area contributed by atoms with E-state index in [1.807, 2.05) is 0 Å². The third-order valence-corrected chi connectivity index (χ3v) is 11.3. The van der Waals surface area contributed by atoms with Crippen molar-refractivity contribution in [3.8, 4) is 11.1 Å². The summed E-state index contributed by atoms with van der Waals surface area (Å²) in [5.41, 5.74) is 9.21. The Morgan fingerprint density at radius 3 is 2.16 bits per heavy atom. The highest BCUT2D eigenvalue weighted by Gasteiger charge is 2.54. The number of halogens is 1. The van der Waals surface area contributed by atoms with Crippen molar-refractivity contribution in [2.24, 2.45) is 29.6 Å². The topological polar surface area (TPSA) is 3.24 Å². The molecule has 4 aliphatic rings. The summed E-state index contributed by atoms with van der Waals surface area (Å²) in [6, 6.07) is 19.0. The van der Waals surface area contributed by atoms with Crippen LogP contribution in [0.5, 0.6) is 0 Å². The Hall–Kier alpha value is -1.54. The van der Waals surface area contributed by atoms with Gasteiger partial charge in [-0.15, -0.1) is 0 Å². The average molecular weight is 491 g/mol. The Bertz CT molecular complexity index is 1020. The van der Waals surface area contributed by atoms with Gasteiger partial charge in [0, 0.05) is 35.4 Å². The molecule has 6 rings (SSSR count). The lowest BCUT2D eigenvalue weighted by Gasteiger charge is -2.44. The molecule has 2 aromatic rings. The van der Waals surface area contributed by atoms with Crippen LogP contribution in [-0.2, 0) is 0 Å². The molecule has 3 aliphatic carbocycles. The predicted octanol–water partition coefficient (Wildman–Crippen LogP) is 7.86. The summed E-state index contributed by atoms with van der Waals surface area (Å²) in [5.74, 6) is 4.69. The van der Waals surface area contributed by atoms with Crippen LogP contribution in [0.25, 0.3) is 11.1 Å². The van der Waals surface area contributed by atoms with Crippen LogP contribution in [0, 0.1) is 29.6 Å². The minimum absolute atomic E-state index is 0.574. The van der Waals surface area contributed by atoms with E-state index >= 15 is 0 Å². The van der Waals surface area contributed by atoms with Gasteiger partial charge >= 0.3 is 0 Å². The number of benzene rings is 2. The van der Waals surface area contributed by atoms with E-state index in [0.717, 1.165) is 23.7 Å². The van der Waals surface area contributed by atoms with Crippen molar-refractivity contribution in [2.45, 2.75) is 63.2 Å². The number of nitrogens with zero attached hydrogens (tertiary/aromatic N) is 1. The summed E-state index contributed by atoms with van der Waals surface area (Å²) in [7, 11) is 2.34. The van der Waals surface area contributed by atoms with Gasteiger partial charge in [0.1, 0.15) is 0 Å². The normalized spacial score (nSPS) is 35.7. The molecular formula is C30H36BrN. The molecule has 2 aromatic carbocycles. The van der Waals surface area contributed by atoms with Gasteiger partial charge in [-0.3, -0.25) is 0 Å². The van der Waals surface area contributed by atoms with Gasteiger partial charge in [0.25, 0.3) is 0 Å². The zero-order chi connectivity index (χ0) is 22.1. The lowest BCUT2D eigenvalue weighted by Crippen LogP contribution is -2.46. The molecule has 1 heterocycles. The molecule has 0 bridgehead atoms. The van der Waals surface area contributed by atoms with Crippen molar-refractivity contribution in [3.63, 3.8) is 0 Å². The molecule has 0 radical (unpaired) electrons. The molecule has 7 atom stereocenters. The third-order valence-electron chi connectivity index (χ3n) is 10.0. The minimum atomic E-state index is 0.574. The summed E-state index contributed by atoms with van der Waals surface area (Å²) >= 11 is 4.25. The smallest absolute Gasteiger partial charge is 0.0363 e. The summed E-state index contributed by atoms with van der Waals surface area (Å²) in [6.07, 6.45) is 5.44. The highest BCUT2D eigenvalue weighted by Crippen LogP contribution is 2.58. The van der Waals surface area contributed by atoms with Crippen molar-refractivity contribution in [2.75, 3.05) is 7.05 Å². The van der Waals surface area contributed by atoms with E-state index in [4.69, 9.17) is 0 Å². The molecule has 0 saturated heterocycles. The fraction of sp³-hybridized carbons (Fsp3) is 0.533. The van der Waals surface area contributed by atoms with Gasteiger partial charge in [0.05, 0.1) is 0 Å². The Kier molecular flexibility index (Phi) is 5.10. The van der Waals surface area contributed by atoms with E-state index in [-0.39, 0.29) is 0 Å². The first-order chi connectivity index (χ1) is 15.5. The first kappa shape index (κ1) is 21.0. The highest BCUT2D eigenvalue weighted by molar-refractivity contribution is 9.09. The molecule has 0 amide bonds. The van der Waals surface area contributed by atoms with E-state index in [1.54, 1.807) is 16.7 Å². The molecule has 2 heteroatoms. The summed E-state index contributed by atoms with van der Waals surface area (Å²) < 4.78 is 0. The van der Waals surface area contributed by atoms with E-state index in [2.05, 4.69) is 97.2 Å². The molecule has 0 N–H and O–H groups in total. The lowest BCUT2D eigenvalue weighted by molar-refractivity contribution is 0.117. The van der Waals surface area contributed by atoms with Crippen molar-refractivity contribution < 1.29 is 0 Å². The van der Waals surface area contributed by atoms with Crippen molar-refractivity contribution in [3.05, 3.63) is 70.9 Å². The molecule has 32 heavy (non-hydrogen) atoms. The van der Waals surface area contributed by atoms with Crippen molar-refractivity contribution in [1.82, 2.24) is 4.90 Å². The van der Waals surface area contributed by atoms with Gasteiger partial charge in [-0.2, -0.15) is 0 Å². The van der Waals surface area contributed by atoms with Gasteiger partial charge in [-0.25, -0.2) is 0 Å². The molecule has 0 aromatic heterocycles. The van der Waals surface area contributed by atoms with E-state index in [1.165, 1.54) is 42.5 Å². The van der Waals surface area contributed by atoms with Crippen LogP contribution in [0.1, 0.15) is 63.5 Å². The lowest BCUT2D eigenvalue weighted by atomic mass is 9.68. The maximum atomic E-state index is 4.25. The quantitative estimate of drug-likeness (QED) is 0.396. The molecule has 1 aliphatic heterocycles. The van der Waals surface area contributed by atoms with E-state index in [9.17, 15) is 0 Å². The molecular weight excluding hydrogens is 454 g/mol. The number of allylic oxidation sites excluding steroid dienone is 1. The Morgan fingerprint density at radius 1 is 0.875 bits per heavy atom. The van der Waals surface area contributed by atoms with Crippen LogP contribution < -0.4 is 0 Å². The van der Waals surface area contributed by atoms with Crippen LogP contribution in [0.3, 0.4) is 0 Å². The van der Waals surface area contributed by atoms with Gasteiger partial charge in [-0.05, 0) is 91.0 Å². The van der Waals surface area contributed by atoms with Gasteiger partial charge in [0.15, 0.2) is 0 Å². The average Bonchev–Trinajstić information content (AvgIpc) is 3.37. The van der Waals surface area contributed by atoms with Crippen molar-refractivity contribution in [1.29, 1.82) is 0 Å². The monoisotopic (exact) mass is 489 g/mol. The van der Waals surface area contributed by atoms with Gasteiger partial charge < -0.3 is 4.90 Å². The Morgan fingerprint density at radius 2 is 1.50 bits per heavy atom. The molecule has 168 valence electrons. The molecule has 7 unspecified atom stereocenters. The standard InChI is InChI=1S/C30H36BrN/c1-17-15-27-26(16-28-29(30(27)31)18(2)19(3)32(28)4)20(17)13-14-25-23-11-7-5-9-21(23)22-10-6-8-12-24(22)25/h5-12,17,20,25-30H,13-16H2,1-4H3. The Balaban J connectivity index is 1.25. The Labute approximate surface area is 202 Å². The number of rotatable bonds is 3. The second-order valence-corrected chi connectivity index (χ2v) is 12.2. The number of hydrogen-bond acceptors (Lipinski definition) is 1. The maximum absolute atomic E-state index is 4.25. The molecule has 1 nitrogen and oxygen atoms in total. The fourth-order valence-electron chi connectivity index (χ4n) is 8.26. The van der Waals surface area contributed by atoms with E-state index in [0.29, 0.717) is 22.7 Å². The summed E-state index contributed by atoms with van der Waals surface area (Å²) in [6.45, 7) is 7.26. The SMILES string of the molecule is CC1=C(C)N(C)C2CC3C(CCC4c5ccccc5-c5ccccc54)C(C)CC3C(Br)C12. The first-order valence-corrected chi connectivity index (χ1v) is 13.6. The fourth-order valence-corrected chi connectivity index (χ4v) is 9.62. The predicted molar refractivity (Wildman–Crippen MR) is 138 cm³/mol. The number of hydrogen-bond donors (Lipinski definition) is 0. The zero-order valence-electron chi connectivity index (χ0n) is 19.9. The van der Waals surface area contributed by atoms with E-state index < -0.39 is 0 Å². The van der Waals surface area contributed by atoms with Crippen LogP contribution in [-0.4, -0.2) is 22.8 Å². The van der Waals surface area contributed by atoms with Crippen LogP contribution >= 0.6 is 15.9 Å². The first-order valence-electron chi connectivity index (χ1n) is 12.7. The largest absolute Gasteiger partial charge is 0.375 e. The zero-order valence-corrected chi connectivity index (χ0v) is 21.5.